The van der Waals surface area contributed by atoms with Crippen LogP contribution in [-0.2, 0) is 12.6 Å². The molecule has 0 spiro atoms. The van der Waals surface area contributed by atoms with Crippen molar-refractivity contribution in [2.24, 2.45) is 0 Å². The zero-order valence-corrected chi connectivity index (χ0v) is 21.6. The first-order chi connectivity index (χ1) is 18.2. The highest BCUT2D eigenvalue weighted by atomic mass is 32.1. The van der Waals surface area contributed by atoms with E-state index in [9.17, 15) is 35.5 Å². The third-order valence-electron chi connectivity index (χ3n) is 5.41. The second-order valence-electron chi connectivity index (χ2n) is 8.60. The van der Waals surface area contributed by atoms with E-state index in [0.717, 1.165) is 23.8 Å². The Hall–Kier alpha value is -3.33. The Morgan fingerprint density at radius 2 is 1.85 bits per heavy atom. The SMILES string of the molecule is Cc1nsc(Cc2cnc(C(F)(F)F)cn2)c1C(=O)Nc1ccc(F)c(OCCCN(C)CCC(F)(F)F)c1. The van der Waals surface area contributed by atoms with E-state index in [4.69, 9.17) is 4.74 Å². The predicted octanol–water partition coefficient (Wildman–Crippen LogP) is 5.90. The predicted molar refractivity (Wildman–Crippen MR) is 129 cm³/mol. The summed E-state index contributed by atoms with van der Waals surface area (Å²) in [5, 5.41) is 2.63. The standard InChI is InChI=1S/C24H24F7N5O2S/c1-14-21(19(39-35-14)11-16-12-33-20(13-32-16)24(29,30)31)22(37)34-15-4-5-17(25)18(10-15)38-9-3-7-36(2)8-6-23(26,27)28/h4-5,10,12-13H,3,6-9,11H2,1-2H3,(H,34,37). The smallest absolute Gasteiger partial charge is 0.434 e. The number of halogens is 7. The van der Waals surface area contributed by atoms with Crippen LogP contribution < -0.4 is 10.1 Å². The van der Waals surface area contributed by atoms with E-state index in [1.54, 1.807) is 14.0 Å². The maximum atomic E-state index is 14.2. The van der Waals surface area contributed by atoms with Crippen molar-refractivity contribution in [3.8, 4) is 5.75 Å². The van der Waals surface area contributed by atoms with E-state index < -0.39 is 36.2 Å². The van der Waals surface area contributed by atoms with Crippen LogP contribution in [0.25, 0.3) is 0 Å². The molecule has 2 heterocycles. The first kappa shape index (κ1) is 30.2. The van der Waals surface area contributed by atoms with Crippen LogP contribution in [0, 0.1) is 12.7 Å². The Kier molecular flexibility index (Phi) is 9.83. The van der Waals surface area contributed by atoms with Gasteiger partial charge in [0.1, 0.15) is 0 Å². The Labute approximate surface area is 223 Å². The summed E-state index contributed by atoms with van der Waals surface area (Å²) in [6.07, 6.45) is -7.83. The summed E-state index contributed by atoms with van der Waals surface area (Å²) < 4.78 is 98.9. The summed E-state index contributed by atoms with van der Waals surface area (Å²) in [5.41, 5.74) is -0.115. The Bertz CT molecular complexity index is 1260. The Morgan fingerprint density at radius 1 is 1.10 bits per heavy atom. The normalized spacial score (nSPS) is 12.2. The van der Waals surface area contributed by atoms with Gasteiger partial charge in [-0.25, -0.2) is 9.37 Å². The van der Waals surface area contributed by atoms with E-state index in [1.807, 2.05) is 0 Å². The Morgan fingerprint density at radius 3 is 2.49 bits per heavy atom. The van der Waals surface area contributed by atoms with Crippen molar-refractivity contribution >= 4 is 23.1 Å². The van der Waals surface area contributed by atoms with Crippen molar-refractivity contribution in [1.29, 1.82) is 0 Å². The van der Waals surface area contributed by atoms with Crippen LogP contribution in [0.2, 0.25) is 0 Å². The van der Waals surface area contributed by atoms with Crippen LogP contribution >= 0.6 is 11.5 Å². The van der Waals surface area contributed by atoms with Crippen LogP contribution in [0.5, 0.6) is 5.75 Å². The maximum absolute atomic E-state index is 14.2. The number of amides is 1. The van der Waals surface area contributed by atoms with Crippen molar-refractivity contribution in [3.63, 3.8) is 0 Å². The molecule has 1 amide bonds. The van der Waals surface area contributed by atoms with Gasteiger partial charge in [0.25, 0.3) is 5.91 Å². The van der Waals surface area contributed by atoms with Gasteiger partial charge in [0.05, 0.1) is 36.2 Å². The van der Waals surface area contributed by atoms with Crippen LogP contribution in [0.15, 0.2) is 30.6 Å². The van der Waals surface area contributed by atoms with Crippen LogP contribution in [-0.4, -0.2) is 58.1 Å². The molecule has 15 heteroatoms. The summed E-state index contributed by atoms with van der Waals surface area (Å²) in [5.74, 6) is -1.40. The molecule has 0 radical (unpaired) electrons. The molecule has 0 saturated carbocycles. The topological polar surface area (TPSA) is 80.2 Å². The number of rotatable bonds is 11. The van der Waals surface area contributed by atoms with Gasteiger partial charge in [0.15, 0.2) is 17.3 Å². The molecular formula is C24H24F7N5O2S. The van der Waals surface area contributed by atoms with Gasteiger partial charge < -0.3 is 15.0 Å². The fourth-order valence-electron chi connectivity index (χ4n) is 3.42. The van der Waals surface area contributed by atoms with Gasteiger partial charge in [0.2, 0.25) is 0 Å². The summed E-state index contributed by atoms with van der Waals surface area (Å²) in [6.45, 7) is 1.78. The fourth-order valence-corrected chi connectivity index (χ4v) is 4.30. The van der Waals surface area contributed by atoms with Gasteiger partial charge >= 0.3 is 12.4 Å². The van der Waals surface area contributed by atoms with E-state index >= 15 is 0 Å². The molecule has 0 aliphatic heterocycles. The van der Waals surface area contributed by atoms with Crippen LogP contribution in [0.3, 0.4) is 0 Å². The number of ether oxygens (including phenoxy) is 1. The zero-order valence-electron chi connectivity index (χ0n) is 20.8. The number of benzene rings is 1. The second kappa shape index (κ2) is 12.7. The number of aromatic nitrogens is 3. The lowest BCUT2D eigenvalue weighted by molar-refractivity contribution is -0.141. The molecule has 2 aromatic heterocycles. The third-order valence-corrected chi connectivity index (χ3v) is 6.34. The quantitative estimate of drug-likeness (QED) is 0.225. The van der Waals surface area contributed by atoms with Gasteiger partial charge in [-0.05, 0) is 44.1 Å². The maximum Gasteiger partial charge on any atom is 0.434 e. The van der Waals surface area contributed by atoms with Crippen molar-refractivity contribution in [2.75, 3.05) is 32.1 Å². The van der Waals surface area contributed by atoms with Crippen molar-refractivity contribution in [1.82, 2.24) is 19.2 Å². The minimum Gasteiger partial charge on any atom is -0.490 e. The minimum atomic E-state index is -4.62. The lowest BCUT2D eigenvalue weighted by Gasteiger charge is -2.17. The number of alkyl halides is 6. The van der Waals surface area contributed by atoms with Gasteiger partial charge in [-0.3, -0.25) is 9.78 Å². The molecule has 0 atom stereocenters. The molecule has 0 bridgehead atoms. The number of nitrogens with one attached hydrogen (secondary N) is 1. The molecule has 3 rings (SSSR count). The van der Waals surface area contributed by atoms with Gasteiger partial charge in [-0.15, -0.1) is 0 Å². The number of carbonyl (C=O) groups is 1. The van der Waals surface area contributed by atoms with Crippen LogP contribution in [0.1, 0.15) is 45.2 Å². The molecule has 7 nitrogen and oxygen atoms in total. The average Bonchev–Trinajstić information content (AvgIpc) is 3.21. The molecule has 1 N–H and O–H groups in total. The first-order valence-corrected chi connectivity index (χ1v) is 12.3. The van der Waals surface area contributed by atoms with Crippen molar-refractivity contribution in [3.05, 3.63) is 63.9 Å². The molecule has 3 aromatic rings. The van der Waals surface area contributed by atoms with Crippen LogP contribution in [0.4, 0.5) is 36.4 Å². The monoisotopic (exact) mass is 579 g/mol. The summed E-state index contributed by atoms with van der Waals surface area (Å²) in [6, 6.07) is 3.69. The highest BCUT2D eigenvalue weighted by Crippen LogP contribution is 2.28. The third kappa shape index (κ3) is 9.13. The molecule has 1 aromatic carbocycles. The first-order valence-electron chi connectivity index (χ1n) is 11.5. The lowest BCUT2D eigenvalue weighted by atomic mass is 10.1. The molecular weight excluding hydrogens is 555 g/mol. The molecule has 0 aliphatic rings. The number of carbonyl (C=O) groups excluding carboxylic acids is 1. The molecule has 0 saturated heterocycles. The van der Waals surface area contributed by atoms with E-state index in [-0.39, 0.29) is 42.3 Å². The molecule has 0 unspecified atom stereocenters. The minimum absolute atomic E-state index is 0.0224. The number of anilines is 1. The highest BCUT2D eigenvalue weighted by molar-refractivity contribution is 7.06. The van der Waals surface area contributed by atoms with E-state index in [0.29, 0.717) is 29.7 Å². The average molecular weight is 580 g/mol. The summed E-state index contributed by atoms with van der Waals surface area (Å²) >= 11 is 0.994. The van der Waals surface area contributed by atoms with Gasteiger partial charge in [0, 0.05) is 42.3 Å². The number of hydrogen-bond donors (Lipinski definition) is 1. The van der Waals surface area contributed by atoms with Crippen molar-refractivity contribution < 1.29 is 40.3 Å². The molecule has 0 fully saturated rings. The number of nitrogens with zero attached hydrogens (tertiary/aromatic N) is 4. The van der Waals surface area contributed by atoms with E-state index in [2.05, 4.69) is 19.7 Å². The second-order valence-corrected chi connectivity index (χ2v) is 9.46. The van der Waals surface area contributed by atoms with Gasteiger partial charge in [-0.1, -0.05) is 0 Å². The highest BCUT2D eigenvalue weighted by Gasteiger charge is 2.33. The summed E-state index contributed by atoms with van der Waals surface area (Å²) in [7, 11) is 1.54. The fraction of sp³-hybridized carbons (Fsp3) is 0.417. The number of aryl methyl sites for hydroxylation is 1. The number of hydrogen-bond acceptors (Lipinski definition) is 7. The lowest BCUT2D eigenvalue weighted by Crippen LogP contribution is -2.26. The zero-order chi connectivity index (χ0) is 28.8. The Balaban J connectivity index is 1.60. The van der Waals surface area contributed by atoms with E-state index in [1.165, 1.54) is 17.0 Å². The molecule has 39 heavy (non-hydrogen) atoms. The molecule has 0 aliphatic carbocycles. The molecule has 212 valence electrons. The summed E-state index contributed by atoms with van der Waals surface area (Å²) in [4.78, 5) is 22.1. The van der Waals surface area contributed by atoms with Gasteiger partial charge in [-0.2, -0.15) is 30.7 Å². The largest absolute Gasteiger partial charge is 0.490 e. The van der Waals surface area contributed by atoms with Crippen molar-refractivity contribution in [2.45, 2.75) is 38.5 Å².